The van der Waals surface area contributed by atoms with Gasteiger partial charge in [-0.25, -0.2) is 4.79 Å². The van der Waals surface area contributed by atoms with Gasteiger partial charge in [0.1, 0.15) is 0 Å². The second-order valence-corrected chi connectivity index (χ2v) is 6.69. The molecule has 0 aromatic heterocycles. The zero-order chi connectivity index (χ0) is 21.9. The summed E-state index contributed by atoms with van der Waals surface area (Å²) < 4.78 is 11.2. The van der Waals surface area contributed by atoms with Crippen LogP contribution in [0.3, 0.4) is 0 Å². The van der Waals surface area contributed by atoms with Gasteiger partial charge in [-0.1, -0.05) is 18.2 Å². The van der Waals surface area contributed by atoms with Crippen LogP contribution in [-0.4, -0.2) is 31.2 Å². The van der Waals surface area contributed by atoms with E-state index in [0.717, 1.165) is 5.56 Å². The van der Waals surface area contributed by atoms with Crippen molar-refractivity contribution >= 4 is 29.4 Å². The summed E-state index contributed by atoms with van der Waals surface area (Å²) in [6.45, 7) is 8.61. The minimum absolute atomic E-state index is 0.00498. The third-order valence-corrected chi connectivity index (χ3v) is 3.85. The summed E-state index contributed by atoms with van der Waals surface area (Å²) in [4.78, 5) is 24.4. The number of anilines is 2. The number of rotatable bonds is 9. The minimum atomic E-state index is -0.333. The average Bonchev–Trinajstić information content (AvgIpc) is 2.69. The molecule has 0 fully saturated rings. The van der Waals surface area contributed by atoms with Gasteiger partial charge >= 0.3 is 6.03 Å². The van der Waals surface area contributed by atoms with E-state index < -0.39 is 0 Å². The first-order valence-corrected chi connectivity index (χ1v) is 9.98. The minimum Gasteiger partial charge on any atom is -0.490 e. The Morgan fingerprint density at radius 1 is 0.933 bits per heavy atom. The van der Waals surface area contributed by atoms with E-state index in [2.05, 4.69) is 16.0 Å². The van der Waals surface area contributed by atoms with Crippen LogP contribution in [0.1, 0.15) is 33.3 Å². The fraction of sp³-hybridized carbons (Fsp3) is 0.304. The van der Waals surface area contributed by atoms with E-state index in [1.54, 1.807) is 30.3 Å². The second kappa shape index (κ2) is 11.5. The first-order valence-electron chi connectivity index (χ1n) is 9.98. The zero-order valence-electron chi connectivity index (χ0n) is 17.8. The van der Waals surface area contributed by atoms with Crippen LogP contribution >= 0.6 is 0 Å². The smallest absolute Gasteiger partial charge is 0.319 e. The van der Waals surface area contributed by atoms with Crippen LogP contribution in [0.15, 0.2) is 48.5 Å². The Morgan fingerprint density at radius 3 is 2.20 bits per heavy atom. The highest BCUT2D eigenvalue weighted by atomic mass is 16.5. The third-order valence-electron chi connectivity index (χ3n) is 3.85. The Morgan fingerprint density at radius 2 is 1.57 bits per heavy atom. The number of carbonyl (C=O) groups is 2. The predicted octanol–water partition coefficient (Wildman–Crippen LogP) is 4.67. The van der Waals surface area contributed by atoms with Crippen molar-refractivity contribution in [3.63, 3.8) is 0 Å². The van der Waals surface area contributed by atoms with Crippen molar-refractivity contribution in [2.45, 2.75) is 33.7 Å². The molecule has 7 heteroatoms. The lowest BCUT2D eigenvalue weighted by Crippen LogP contribution is -2.34. The molecular weight excluding hydrogens is 382 g/mol. The molecule has 3 N–H and O–H groups in total. The van der Waals surface area contributed by atoms with Gasteiger partial charge in [0.2, 0.25) is 5.91 Å². The quantitative estimate of drug-likeness (QED) is 0.523. The number of benzene rings is 2. The third kappa shape index (κ3) is 7.16. The van der Waals surface area contributed by atoms with E-state index in [4.69, 9.17) is 9.47 Å². The lowest BCUT2D eigenvalue weighted by Gasteiger charge is -2.13. The zero-order valence-corrected chi connectivity index (χ0v) is 17.8. The Hall–Kier alpha value is -3.48. The van der Waals surface area contributed by atoms with Crippen LogP contribution in [-0.2, 0) is 4.79 Å². The number of hydrogen-bond donors (Lipinski definition) is 3. The Bertz CT molecular complexity index is 894. The largest absolute Gasteiger partial charge is 0.490 e. The molecule has 0 unspecified atom stereocenters. The number of carbonyl (C=O) groups excluding carboxylic acids is 2. The summed E-state index contributed by atoms with van der Waals surface area (Å²) in [6, 6.07) is 12.2. The van der Waals surface area contributed by atoms with E-state index in [1.165, 1.54) is 6.08 Å². The van der Waals surface area contributed by atoms with Gasteiger partial charge < -0.3 is 25.4 Å². The molecule has 0 aliphatic carbocycles. The Kier molecular flexibility index (Phi) is 8.75. The lowest BCUT2D eigenvalue weighted by atomic mass is 10.2. The molecule has 0 atom stereocenters. The molecule has 0 bridgehead atoms. The fourth-order valence-corrected chi connectivity index (χ4v) is 2.64. The van der Waals surface area contributed by atoms with Crippen molar-refractivity contribution in [3.05, 3.63) is 54.1 Å². The van der Waals surface area contributed by atoms with E-state index >= 15 is 0 Å². The molecule has 160 valence electrons. The van der Waals surface area contributed by atoms with Crippen LogP contribution in [0.2, 0.25) is 0 Å². The molecule has 0 spiro atoms. The molecule has 0 radical (unpaired) electrons. The monoisotopic (exact) mass is 411 g/mol. The Labute approximate surface area is 177 Å². The van der Waals surface area contributed by atoms with Gasteiger partial charge in [0.05, 0.1) is 24.6 Å². The average molecular weight is 412 g/mol. The first-order chi connectivity index (χ1) is 14.4. The van der Waals surface area contributed by atoms with E-state index in [9.17, 15) is 9.59 Å². The lowest BCUT2D eigenvalue weighted by molar-refractivity contribution is -0.111. The van der Waals surface area contributed by atoms with E-state index in [-0.39, 0.29) is 18.0 Å². The van der Waals surface area contributed by atoms with E-state index in [1.807, 2.05) is 45.9 Å². The van der Waals surface area contributed by atoms with Crippen LogP contribution in [0.5, 0.6) is 11.5 Å². The SMILES string of the molecule is CCOc1ccc(C=CC(=O)Nc2ccccc2NC(=O)NC(C)C)cc1OCC. The predicted molar refractivity (Wildman–Crippen MR) is 120 cm³/mol. The highest BCUT2D eigenvalue weighted by molar-refractivity contribution is 6.05. The Balaban J connectivity index is 2.08. The molecular formula is C23H29N3O4. The van der Waals surface area contributed by atoms with Crippen LogP contribution in [0.4, 0.5) is 16.2 Å². The van der Waals surface area contributed by atoms with Gasteiger partial charge in [-0.3, -0.25) is 4.79 Å². The maximum Gasteiger partial charge on any atom is 0.319 e. The molecule has 0 heterocycles. The molecule has 2 aromatic rings. The standard InChI is InChI=1S/C23H29N3O4/c1-5-29-20-13-11-17(15-21(20)30-6-2)12-14-22(27)25-18-9-7-8-10-19(18)26-23(28)24-16(3)4/h7-16H,5-6H2,1-4H3,(H,25,27)(H2,24,26,28). The van der Waals surface area contributed by atoms with Crippen LogP contribution < -0.4 is 25.4 Å². The van der Waals surface area contributed by atoms with Gasteiger partial charge in [-0.2, -0.15) is 0 Å². The second-order valence-electron chi connectivity index (χ2n) is 6.69. The maximum absolute atomic E-state index is 12.4. The molecule has 0 saturated heterocycles. The molecule has 3 amide bonds. The topological polar surface area (TPSA) is 88.7 Å². The number of hydrogen-bond acceptors (Lipinski definition) is 4. The molecule has 30 heavy (non-hydrogen) atoms. The van der Waals surface area contributed by atoms with Crippen LogP contribution in [0.25, 0.3) is 6.08 Å². The molecule has 2 aromatic carbocycles. The molecule has 0 aliphatic rings. The van der Waals surface area contributed by atoms with Gasteiger partial charge in [-0.15, -0.1) is 0 Å². The van der Waals surface area contributed by atoms with Gasteiger partial charge in [-0.05, 0) is 63.6 Å². The van der Waals surface area contributed by atoms with Crippen molar-refractivity contribution in [1.29, 1.82) is 0 Å². The molecule has 7 nitrogen and oxygen atoms in total. The van der Waals surface area contributed by atoms with Gasteiger partial charge in [0, 0.05) is 12.1 Å². The van der Waals surface area contributed by atoms with Gasteiger partial charge in [0.25, 0.3) is 0 Å². The highest BCUT2D eigenvalue weighted by Gasteiger charge is 2.09. The van der Waals surface area contributed by atoms with Crippen molar-refractivity contribution in [3.8, 4) is 11.5 Å². The van der Waals surface area contributed by atoms with Crippen LogP contribution in [0, 0.1) is 0 Å². The van der Waals surface area contributed by atoms with Crippen molar-refractivity contribution in [2.75, 3.05) is 23.8 Å². The molecule has 0 saturated carbocycles. The number of amides is 3. The maximum atomic E-state index is 12.4. The molecule has 0 aliphatic heterocycles. The van der Waals surface area contributed by atoms with Crippen molar-refractivity contribution in [1.82, 2.24) is 5.32 Å². The van der Waals surface area contributed by atoms with Crippen molar-refractivity contribution < 1.29 is 19.1 Å². The number of urea groups is 1. The summed E-state index contributed by atoms with van der Waals surface area (Å²) in [5, 5.41) is 8.28. The van der Waals surface area contributed by atoms with Gasteiger partial charge in [0.15, 0.2) is 11.5 Å². The first kappa shape index (κ1) is 22.8. The summed E-state index contributed by atoms with van der Waals surface area (Å²) in [6.07, 6.45) is 3.12. The number of ether oxygens (including phenoxy) is 2. The number of para-hydroxylation sites is 2. The highest BCUT2D eigenvalue weighted by Crippen LogP contribution is 2.29. The normalized spacial score (nSPS) is 10.7. The summed E-state index contributed by atoms with van der Waals surface area (Å²) in [5.74, 6) is 0.980. The fourth-order valence-electron chi connectivity index (χ4n) is 2.64. The molecule has 2 rings (SSSR count). The van der Waals surface area contributed by atoms with Crippen molar-refractivity contribution in [2.24, 2.45) is 0 Å². The van der Waals surface area contributed by atoms with E-state index in [0.29, 0.717) is 36.1 Å². The summed E-state index contributed by atoms with van der Waals surface area (Å²) in [7, 11) is 0. The summed E-state index contributed by atoms with van der Waals surface area (Å²) >= 11 is 0. The number of nitrogens with one attached hydrogen (secondary N) is 3. The summed E-state index contributed by atoms with van der Waals surface area (Å²) in [5.41, 5.74) is 1.82.